The number of rotatable bonds is 11. The van der Waals surface area contributed by atoms with Gasteiger partial charge in [-0.1, -0.05) is 49.2 Å². The number of benzene rings is 2. The molecule has 0 unspecified atom stereocenters. The minimum atomic E-state index is -3.81. The molecule has 36 heavy (non-hydrogen) atoms. The van der Waals surface area contributed by atoms with Crippen LogP contribution in [0.15, 0.2) is 36.4 Å². The van der Waals surface area contributed by atoms with Crippen LogP contribution in [-0.2, 0) is 26.2 Å². The van der Waals surface area contributed by atoms with Crippen molar-refractivity contribution in [2.75, 3.05) is 17.1 Å². The van der Waals surface area contributed by atoms with E-state index in [-0.39, 0.29) is 18.5 Å². The summed E-state index contributed by atoms with van der Waals surface area (Å²) in [4.78, 5) is 28.3. The Bertz CT molecular complexity index is 1160. The largest absolute Gasteiger partial charge is 0.352 e. The molecule has 10 heteroatoms. The fraction of sp³-hybridized carbons (Fsp3) is 0.462. The van der Waals surface area contributed by atoms with Gasteiger partial charge < -0.3 is 10.2 Å². The zero-order chi connectivity index (χ0) is 27.2. The van der Waals surface area contributed by atoms with Crippen molar-refractivity contribution in [2.24, 2.45) is 0 Å². The van der Waals surface area contributed by atoms with Gasteiger partial charge in [0.05, 0.1) is 11.9 Å². The normalized spacial score (nSPS) is 13.1. The van der Waals surface area contributed by atoms with Gasteiger partial charge in [0, 0.05) is 28.2 Å². The molecular weight excluding hydrogens is 521 g/mol. The number of amides is 2. The maximum Gasteiger partial charge on any atom is 0.244 e. The molecule has 2 rings (SSSR count). The molecule has 1 N–H and O–H groups in total. The summed E-state index contributed by atoms with van der Waals surface area (Å²) in [6, 6.07) is 9.42. The third kappa shape index (κ3) is 7.85. The van der Waals surface area contributed by atoms with Gasteiger partial charge >= 0.3 is 0 Å². The molecule has 198 valence electrons. The number of sulfonamides is 1. The van der Waals surface area contributed by atoms with Crippen molar-refractivity contribution in [2.45, 2.75) is 66.1 Å². The Morgan fingerprint density at radius 2 is 1.56 bits per heavy atom. The summed E-state index contributed by atoms with van der Waals surface area (Å²) in [6.45, 7) is 8.83. The van der Waals surface area contributed by atoms with Crippen LogP contribution in [0.2, 0.25) is 10.0 Å². The number of nitrogens with one attached hydrogen (secondary N) is 1. The molecule has 7 nitrogen and oxygen atoms in total. The van der Waals surface area contributed by atoms with Crippen molar-refractivity contribution < 1.29 is 18.0 Å². The van der Waals surface area contributed by atoms with E-state index < -0.39 is 28.5 Å². The lowest BCUT2D eigenvalue weighted by molar-refractivity contribution is -0.140. The maximum absolute atomic E-state index is 13.8. The minimum Gasteiger partial charge on any atom is -0.352 e. The molecule has 0 bridgehead atoms. The summed E-state index contributed by atoms with van der Waals surface area (Å²) in [6.07, 6.45) is 2.10. The maximum atomic E-state index is 13.8. The predicted molar refractivity (Wildman–Crippen MR) is 147 cm³/mol. The lowest BCUT2D eigenvalue weighted by atomic mass is 10.1. The first kappa shape index (κ1) is 29.9. The Labute approximate surface area is 224 Å². The first-order chi connectivity index (χ1) is 16.8. The molecule has 2 atom stereocenters. The number of nitrogens with zero attached hydrogens (tertiary/aromatic N) is 2. The Balaban J connectivity index is 2.53. The van der Waals surface area contributed by atoms with Crippen molar-refractivity contribution in [1.82, 2.24) is 10.2 Å². The van der Waals surface area contributed by atoms with Crippen LogP contribution < -0.4 is 9.62 Å². The molecule has 0 fully saturated rings. The van der Waals surface area contributed by atoms with Crippen LogP contribution >= 0.6 is 23.2 Å². The van der Waals surface area contributed by atoms with Crippen molar-refractivity contribution in [3.05, 3.63) is 63.1 Å². The quantitative estimate of drug-likeness (QED) is 0.418. The van der Waals surface area contributed by atoms with Crippen LogP contribution in [-0.4, -0.2) is 50.0 Å². The van der Waals surface area contributed by atoms with E-state index in [1.54, 1.807) is 37.3 Å². The zero-order valence-electron chi connectivity index (χ0n) is 21.6. The average Bonchev–Trinajstić information content (AvgIpc) is 2.77. The van der Waals surface area contributed by atoms with Gasteiger partial charge in [-0.15, -0.1) is 0 Å². The van der Waals surface area contributed by atoms with Gasteiger partial charge in [0.1, 0.15) is 12.6 Å². The average molecular weight is 557 g/mol. The number of hydrogen-bond donors (Lipinski definition) is 1. The molecular formula is C26H35Cl2N3O4S. The first-order valence-corrected chi connectivity index (χ1v) is 14.5. The third-order valence-corrected chi connectivity index (χ3v) is 7.80. The Hall–Kier alpha value is -2.29. The predicted octanol–water partition coefficient (Wildman–Crippen LogP) is 5.10. The Morgan fingerprint density at radius 1 is 1.00 bits per heavy atom. The van der Waals surface area contributed by atoms with E-state index in [4.69, 9.17) is 23.2 Å². The third-order valence-electron chi connectivity index (χ3n) is 5.95. The molecule has 2 aromatic rings. The topological polar surface area (TPSA) is 86.8 Å². The monoisotopic (exact) mass is 555 g/mol. The van der Waals surface area contributed by atoms with E-state index in [9.17, 15) is 18.0 Å². The minimum absolute atomic E-state index is 0.0474. The molecule has 0 saturated carbocycles. The fourth-order valence-electron chi connectivity index (χ4n) is 3.92. The summed E-state index contributed by atoms with van der Waals surface area (Å²) in [5.74, 6) is -0.859. The van der Waals surface area contributed by atoms with E-state index in [0.717, 1.165) is 28.1 Å². The van der Waals surface area contributed by atoms with E-state index in [1.807, 2.05) is 33.8 Å². The van der Waals surface area contributed by atoms with Crippen molar-refractivity contribution in [3.63, 3.8) is 0 Å². The number of aryl methyl sites for hydroxylation is 2. The van der Waals surface area contributed by atoms with Gasteiger partial charge in [0.15, 0.2) is 0 Å². The van der Waals surface area contributed by atoms with Gasteiger partial charge in [-0.25, -0.2) is 8.42 Å². The molecule has 0 heterocycles. The molecule has 0 saturated heterocycles. The van der Waals surface area contributed by atoms with Gasteiger partial charge in [-0.2, -0.15) is 0 Å². The van der Waals surface area contributed by atoms with Crippen molar-refractivity contribution in [3.8, 4) is 0 Å². The molecule has 2 aromatic carbocycles. The highest BCUT2D eigenvalue weighted by Gasteiger charge is 2.33. The smallest absolute Gasteiger partial charge is 0.244 e. The standard InChI is InChI=1S/C26H35Cl2N3O4S/c1-7-19(5)29-26(33)24(8-2)30(15-21-22(27)10-9-11-23(21)28)25(32)16-31(36(6,34)35)20-13-17(3)12-18(4)14-20/h9-14,19,24H,7-8,15-16H2,1-6H3,(H,29,33)/t19-,24+/m1/s1. The summed E-state index contributed by atoms with van der Waals surface area (Å²) >= 11 is 12.8. The summed E-state index contributed by atoms with van der Waals surface area (Å²) in [5, 5.41) is 3.64. The number of halogens is 2. The SMILES string of the molecule is CC[C@@H](C)NC(=O)[C@H](CC)N(Cc1c(Cl)cccc1Cl)C(=O)CN(c1cc(C)cc(C)c1)S(C)(=O)=O. The lowest BCUT2D eigenvalue weighted by Gasteiger charge is -2.34. The van der Waals surface area contributed by atoms with E-state index in [2.05, 4.69) is 5.32 Å². The highest BCUT2D eigenvalue weighted by Crippen LogP contribution is 2.28. The summed E-state index contributed by atoms with van der Waals surface area (Å²) in [5.41, 5.74) is 2.60. The summed E-state index contributed by atoms with van der Waals surface area (Å²) < 4.78 is 26.6. The highest BCUT2D eigenvalue weighted by atomic mass is 35.5. The molecule has 0 aliphatic carbocycles. The van der Waals surface area contributed by atoms with Gasteiger partial charge in [-0.3, -0.25) is 13.9 Å². The second kappa shape index (κ2) is 12.8. The highest BCUT2D eigenvalue weighted by molar-refractivity contribution is 7.92. The molecule has 0 spiro atoms. The molecule has 0 radical (unpaired) electrons. The van der Waals surface area contributed by atoms with Gasteiger partial charge in [-0.05, 0) is 69.0 Å². The second-order valence-electron chi connectivity index (χ2n) is 9.08. The number of carbonyl (C=O) groups excluding carboxylic acids is 2. The second-order valence-corrected chi connectivity index (χ2v) is 11.8. The van der Waals surface area contributed by atoms with E-state index in [0.29, 0.717) is 27.7 Å². The molecule has 0 aliphatic heterocycles. The number of hydrogen-bond acceptors (Lipinski definition) is 4. The molecule has 0 aromatic heterocycles. The Kier molecular flexibility index (Phi) is 10.6. The van der Waals surface area contributed by atoms with Crippen LogP contribution in [0.25, 0.3) is 0 Å². The van der Waals surface area contributed by atoms with Crippen LogP contribution in [0.1, 0.15) is 50.3 Å². The van der Waals surface area contributed by atoms with Gasteiger partial charge in [0.2, 0.25) is 21.8 Å². The van der Waals surface area contributed by atoms with Crippen LogP contribution in [0, 0.1) is 13.8 Å². The first-order valence-electron chi connectivity index (χ1n) is 11.9. The molecule has 0 aliphatic rings. The lowest BCUT2D eigenvalue weighted by Crippen LogP contribution is -2.53. The van der Waals surface area contributed by atoms with Crippen LogP contribution in [0.5, 0.6) is 0 Å². The van der Waals surface area contributed by atoms with Crippen LogP contribution in [0.3, 0.4) is 0 Å². The van der Waals surface area contributed by atoms with Crippen LogP contribution in [0.4, 0.5) is 5.69 Å². The fourth-order valence-corrected chi connectivity index (χ4v) is 5.27. The molecule has 2 amide bonds. The number of anilines is 1. The summed E-state index contributed by atoms with van der Waals surface area (Å²) in [7, 11) is -3.81. The van der Waals surface area contributed by atoms with E-state index >= 15 is 0 Å². The van der Waals surface area contributed by atoms with E-state index in [1.165, 1.54) is 4.90 Å². The van der Waals surface area contributed by atoms with Crippen molar-refractivity contribution in [1.29, 1.82) is 0 Å². The van der Waals surface area contributed by atoms with Crippen molar-refractivity contribution >= 4 is 50.7 Å². The number of carbonyl (C=O) groups is 2. The zero-order valence-corrected chi connectivity index (χ0v) is 24.0. The van der Waals surface area contributed by atoms with Gasteiger partial charge in [0.25, 0.3) is 0 Å². The Morgan fingerprint density at radius 3 is 2.03 bits per heavy atom.